The zero-order chi connectivity index (χ0) is 89.3. The summed E-state index contributed by atoms with van der Waals surface area (Å²) >= 11 is 0. The monoisotopic (exact) mass is 1780 g/mol. The number of nitrogens with one attached hydrogen (secondary N) is 3. The number of hydroxylamine groups is 2. The molecule has 5 amide bonds. The molecule has 0 saturated carbocycles. The minimum absolute atomic E-state index is 0.0226. The van der Waals surface area contributed by atoms with E-state index in [2.05, 4.69) is 16.0 Å². The van der Waals surface area contributed by atoms with Gasteiger partial charge in [-0.15, -0.1) is 5.06 Å². The summed E-state index contributed by atoms with van der Waals surface area (Å²) in [6.45, 7) is -8.12. The maximum atomic E-state index is 13.7. The van der Waals surface area contributed by atoms with Crippen molar-refractivity contribution >= 4 is 35.5 Å². The second-order valence-corrected chi connectivity index (χ2v) is 30.7. The molecule has 0 aromatic heterocycles. The number of hydrogen-bond acceptors (Lipinski definition) is 47. The van der Waals surface area contributed by atoms with Crippen LogP contribution >= 0.6 is 0 Å². The van der Waals surface area contributed by atoms with Crippen molar-refractivity contribution in [3.63, 3.8) is 0 Å². The normalized spacial score (nSPS) is 39.1. The molecule has 51 nitrogen and oxygen atoms in total. The molecule has 0 bridgehead atoms. The third-order valence-corrected chi connectivity index (χ3v) is 21.7. The van der Waals surface area contributed by atoms with Gasteiger partial charge in [-0.05, 0) is 38.6 Å². The fraction of sp³-hybridized carbons (Fsp3) is 0.915. The van der Waals surface area contributed by atoms with Crippen LogP contribution in [0.15, 0.2) is 0 Å². The van der Waals surface area contributed by atoms with E-state index >= 15 is 0 Å². The Morgan fingerprint density at radius 1 is 0.336 bits per heavy atom. The Balaban J connectivity index is 0.872. The van der Waals surface area contributed by atoms with Crippen molar-refractivity contribution in [2.24, 2.45) is 0 Å². The fourth-order valence-electron chi connectivity index (χ4n) is 14.4. The van der Waals surface area contributed by atoms with Crippen LogP contribution in [0.25, 0.3) is 0 Å². The molecule has 0 unspecified atom stereocenters. The number of aliphatic hydroxyl groups is 24. The minimum Gasteiger partial charge on any atom is -0.396 e. The Morgan fingerprint density at radius 2 is 0.664 bits per heavy atom. The summed E-state index contributed by atoms with van der Waals surface area (Å²) in [5.41, 5.74) is 0. The SMILES string of the molecule is O=C(CN(CC(=O)NCCCCCC(=O)ON1C(=O)CCC1=O)CC(=O)NCCO[C@H]1O[C@H](CO[C@H]2O[C@H](CO)[C@@H](O)[C@H](O)[C@@H]2O)[C@@H](O)[C@H](O[C@H]2O[C@H](CO)[C@@H](O)[C@H](O)[C@@H]2O)[C@@H]1O)NCCCCCCN(CCO[C@H]1O[C@H](CO)[C@@H](O)[C@H](O)[C@@H]1O)CCO[C@H]1O[C@H](CO[C@H]2O[C@H](CO)[C@@H](O)[C@H](O)[C@@H]2O)[C@@H](O)[C@H](O[C@H]2O[C@H](CCO)[C@@H](O)[C@H](O)[C@@H]2O)[C@@H]1O. The highest BCUT2D eigenvalue weighted by Gasteiger charge is 2.56. The van der Waals surface area contributed by atoms with Crippen LogP contribution < -0.4 is 16.0 Å². The second-order valence-electron chi connectivity index (χ2n) is 30.7. The van der Waals surface area contributed by atoms with Gasteiger partial charge in [0, 0.05) is 58.6 Å². The van der Waals surface area contributed by atoms with Gasteiger partial charge in [-0.3, -0.25) is 33.8 Å². The highest BCUT2D eigenvalue weighted by Crippen LogP contribution is 2.35. The standard InChI is InChI=1S/C71H122N6O45/c78-18-11-31-44(89)51(96)59(104)70(113-31)120-64-50(95)37(30-112-67-58(103)54(99)47(92)34(27-81)116-67)119-69(62(64)107)110-21-17-75(16-20-109-65-56(101)52(97)45(90)32(25-79)114-65)15-7-2-1-5-12-72-38(83)22-76(23-39(84)73-13-6-3-4-8-43(88)122-77-41(86)9-10-42(77)87)24-40(85)74-14-19-108-68-61(106)63(121-71-60(105)55(100)48(93)35(28-82)117-71)49(94)36(118-68)29-111-66-57(102)53(98)46(91)33(26-80)115-66/h31-37,44-71,78-82,89-107H,1-30H2,(H,72,83)(H,73,84)(H,74,85)/t31-,32-,33-,34-,35-,36-,37-,44-,45-,46-,47-,48-,49-,50-,51+,52+,53+,54+,55+,56+,57+,58+,59+,60+,61+,62+,63+,64+,65+,66+,67+,68+,69+,70-,71-/m1/s1. The van der Waals surface area contributed by atoms with Gasteiger partial charge < -0.3 is 210 Å². The quantitative estimate of drug-likeness (QED) is 0.0199. The molecular weight excluding hydrogens is 1660 g/mol. The molecule has 8 heterocycles. The largest absolute Gasteiger partial charge is 0.396 e. The van der Waals surface area contributed by atoms with Crippen molar-refractivity contribution in [2.75, 3.05) is 125 Å². The maximum absolute atomic E-state index is 13.7. The number of carbonyl (C=O) groups is 6. The Kier molecular flexibility index (Phi) is 42.5. The van der Waals surface area contributed by atoms with Gasteiger partial charge in [0.1, 0.15) is 165 Å². The Bertz CT molecular complexity index is 3120. The molecule has 8 aliphatic heterocycles. The van der Waals surface area contributed by atoms with Crippen molar-refractivity contribution in [2.45, 2.75) is 286 Å². The van der Waals surface area contributed by atoms with Crippen molar-refractivity contribution in [1.29, 1.82) is 0 Å². The topological polar surface area (TPSA) is 772 Å². The highest BCUT2D eigenvalue weighted by atomic mass is 16.8. The van der Waals surface area contributed by atoms with Crippen molar-refractivity contribution in [3.8, 4) is 0 Å². The number of carbonyl (C=O) groups excluding carboxylic acids is 6. The van der Waals surface area contributed by atoms with E-state index < -0.39 is 323 Å². The lowest BCUT2D eigenvalue weighted by molar-refractivity contribution is -0.366. The first kappa shape index (κ1) is 103. The Morgan fingerprint density at radius 3 is 1.07 bits per heavy atom. The van der Waals surface area contributed by atoms with E-state index in [1.54, 1.807) is 4.90 Å². The highest BCUT2D eigenvalue weighted by molar-refractivity contribution is 6.01. The van der Waals surface area contributed by atoms with Gasteiger partial charge in [0.15, 0.2) is 44.0 Å². The smallest absolute Gasteiger partial charge is 0.333 e. The average molecular weight is 1780 g/mol. The summed E-state index contributed by atoms with van der Waals surface area (Å²) in [4.78, 5) is 84.8. The summed E-state index contributed by atoms with van der Waals surface area (Å²) < 4.78 is 79.7. The van der Waals surface area contributed by atoms with Crippen LogP contribution in [0, 0.1) is 0 Å². The molecule has 27 N–H and O–H groups in total. The van der Waals surface area contributed by atoms with Gasteiger partial charge in [0.2, 0.25) is 17.7 Å². The average Bonchev–Trinajstić information content (AvgIpc) is 1.23. The summed E-state index contributed by atoms with van der Waals surface area (Å²) in [7, 11) is 0. The molecule has 51 heteroatoms. The molecular formula is C71H122N6O45. The fourth-order valence-corrected chi connectivity index (χ4v) is 14.4. The van der Waals surface area contributed by atoms with E-state index in [4.69, 9.17) is 71.2 Å². The van der Waals surface area contributed by atoms with Crippen LogP contribution in [-0.4, -0.2) is 513 Å². The summed E-state index contributed by atoms with van der Waals surface area (Å²) in [6, 6.07) is 0. The molecule has 8 rings (SSSR count). The van der Waals surface area contributed by atoms with Crippen LogP contribution in [-0.2, 0) is 99.9 Å². The van der Waals surface area contributed by atoms with Crippen molar-refractivity contribution in [1.82, 2.24) is 30.8 Å². The number of imide groups is 1. The van der Waals surface area contributed by atoms with E-state index in [1.807, 2.05) is 0 Å². The first-order valence-corrected chi connectivity index (χ1v) is 40.4. The van der Waals surface area contributed by atoms with E-state index in [1.165, 1.54) is 4.90 Å². The molecule has 0 aliphatic carbocycles. The van der Waals surface area contributed by atoms with E-state index in [0.29, 0.717) is 43.6 Å². The van der Waals surface area contributed by atoms with Crippen LogP contribution in [0.5, 0.6) is 0 Å². The van der Waals surface area contributed by atoms with Gasteiger partial charge in [0.05, 0.1) is 85.2 Å². The first-order valence-electron chi connectivity index (χ1n) is 40.4. The number of hydrogen-bond donors (Lipinski definition) is 27. The molecule has 35 atom stereocenters. The number of amides is 5. The number of rotatable bonds is 48. The van der Waals surface area contributed by atoms with Gasteiger partial charge in [-0.25, -0.2) is 4.79 Å². The molecule has 122 heavy (non-hydrogen) atoms. The zero-order valence-corrected chi connectivity index (χ0v) is 66.6. The van der Waals surface area contributed by atoms with E-state index in [0.717, 1.165) is 0 Å². The van der Waals surface area contributed by atoms with E-state index in [-0.39, 0.29) is 84.6 Å². The maximum Gasteiger partial charge on any atom is 0.333 e. The van der Waals surface area contributed by atoms with Gasteiger partial charge in [-0.1, -0.05) is 19.3 Å². The van der Waals surface area contributed by atoms with Crippen LogP contribution in [0.4, 0.5) is 0 Å². The second kappa shape index (κ2) is 50.4. The third-order valence-electron chi connectivity index (χ3n) is 21.7. The lowest BCUT2D eigenvalue weighted by Gasteiger charge is -2.46. The third kappa shape index (κ3) is 28.2. The molecule has 0 radical (unpaired) electrons. The number of nitrogens with zero attached hydrogens (tertiary/aromatic N) is 3. The summed E-state index contributed by atoms with van der Waals surface area (Å²) in [5.74, 6) is -4.19. The van der Waals surface area contributed by atoms with Crippen molar-refractivity contribution in [3.05, 3.63) is 0 Å². The number of unbranched alkanes of at least 4 members (excludes halogenated alkanes) is 5. The Labute approximate surface area is 697 Å². The van der Waals surface area contributed by atoms with E-state index in [9.17, 15) is 151 Å². The zero-order valence-electron chi connectivity index (χ0n) is 66.6. The van der Waals surface area contributed by atoms with Gasteiger partial charge >= 0.3 is 5.97 Å². The van der Waals surface area contributed by atoms with Crippen LogP contribution in [0.3, 0.4) is 0 Å². The first-order chi connectivity index (χ1) is 58.2. The lowest BCUT2D eigenvalue weighted by Crippen LogP contribution is -2.65. The van der Waals surface area contributed by atoms with Crippen LogP contribution in [0.2, 0.25) is 0 Å². The predicted molar refractivity (Wildman–Crippen MR) is 390 cm³/mol. The molecule has 8 fully saturated rings. The number of ether oxygens (including phenoxy) is 14. The molecule has 8 aliphatic rings. The summed E-state index contributed by atoms with van der Waals surface area (Å²) in [5, 5.41) is 262. The molecule has 0 spiro atoms. The minimum atomic E-state index is -2.04. The predicted octanol–water partition coefficient (Wildman–Crippen LogP) is -17.2. The molecule has 0 aromatic rings. The molecule has 706 valence electrons. The Hall–Kier alpha value is -4.58. The lowest BCUT2D eigenvalue weighted by atomic mass is 9.95. The molecule has 8 saturated heterocycles. The molecule has 0 aromatic carbocycles. The van der Waals surface area contributed by atoms with Gasteiger partial charge in [-0.2, -0.15) is 0 Å². The number of aliphatic hydroxyl groups excluding tert-OH is 24. The summed E-state index contributed by atoms with van der Waals surface area (Å²) in [6.07, 6.45) is -60.1. The van der Waals surface area contributed by atoms with Crippen LogP contribution in [0.1, 0.15) is 70.6 Å². The van der Waals surface area contributed by atoms with Gasteiger partial charge in [0.25, 0.3) is 11.8 Å². The van der Waals surface area contributed by atoms with Crippen molar-refractivity contribution < 1.29 is 222 Å².